The van der Waals surface area contributed by atoms with Crippen LogP contribution >= 0.6 is 0 Å². The zero-order valence-corrected chi connectivity index (χ0v) is 21.1. The van der Waals surface area contributed by atoms with Gasteiger partial charge in [0, 0.05) is 0 Å². The largest absolute Gasteiger partial charge is 0.487 e. The molecule has 0 saturated heterocycles. The van der Waals surface area contributed by atoms with Crippen molar-refractivity contribution in [3.8, 4) is 11.5 Å². The van der Waals surface area contributed by atoms with Gasteiger partial charge in [-0.15, -0.1) is 0 Å². The molecule has 2 saturated carbocycles. The van der Waals surface area contributed by atoms with E-state index in [0.717, 1.165) is 42.4 Å². The summed E-state index contributed by atoms with van der Waals surface area (Å²) in [6, 6.07) is 2.83. The van der Waals surface area contributed by atoms with E-state index in [9.17, 15) is 0 Å². The third-order valence-corrected chi connectivity index (χ3v) is 10.1. The molecular formula is C24H42O2Si2. The maximum atomic E-state index is 8.94. The van der Waals surface area contributed by atoms with Gasteiger partial charge in [-0.05, 0) is 61.7 Å². The first-order valence-electron chi connectivity index (χ1n) is 12.1. The van der Waals surface area contributed by atoms with E-state index in [0.29, 0.717) is 12.1 Å². The van der Waals surface area contributed by atoms with Gasteiger partial charge in [-0.3, -0.25) is 0 Å². The van der Waals surface area contributed by atoms with Gasteiger partial charge in [0.1, 0.15) is 0 Å². The van der Waals surface area contributed by atoms with Crippen molar-refractivity contribution in [1.29, 1.82) is 0 Å². The molecule has 28 heavy (non-hydrogen) atoms. The van der Waals surface area contributed by atoms with Crippen molar-refractivity contribution in [3.05, 3.63) is 12.1 Å². The Morgan fingerprint density at radius 1 is 0.679 bits per heavy atom. The van der Waals surface area contributed by atoms with Crippen LogP contribution in [0.4, 0.5) is 0 Å². The molecule has 0 amide bonds. The molecular weight excluding hydrogens is 376 g/mol. The molecule has 2 nitrogen and oxygen atoms in total. The van der Waals surface area contributed by atoms with E-state index in [-0.39, 0.29) is 6.10 Å². The molecule has 1 aromatic rings. The Balaban J connectivity index is 2.12. The number of benzene rings is 1. The highest BCUT2D eigenvalue weighted by Crippen LogP contribution is 2.34. The quantitative estimate of drug-likeness (QED) is 0.511. The minimum atomic E-state index is -1.76. The average molecular weight is 420 g/mol. The lowest BCUT2D eigenvalue weighted by Gasteiger charge is -2.34. The van der Waals surface area contributed by atoms with Crippen LogP contribution in [0.3, 0.4) is 0 Å². The SMILES string of the molecule is [2H]c1cc([Si](C)(C)C)c(OC2CCCCC2)c(OC2CCCCC2)c1[Si](C)(C)C. The minimum absolute atomic E-state index is 0.281. The van der Waals surface area contributed by atoms with Crippen molar-refractivity contribution < 1.29 is 10.8 Å². The second-order valence-corrected chi connectivity index (χ2v) is 21.0. The molecule has 158 valence electrons. The summed E-state index contributed by atoms with van der Waals surface area (Å²) in [5, 5.41) is 2.44. The molecule has 2 fully saturated rings. The van der Waals surface area contributed by atoms with Gasteiger partial charge in [-0.25, -0.2) is 0 Å². The van der Waals surface area contributed by atoms with Gasteiger partial charge >= 0.3 is 0 Å². The normalized spacial score (nSPS) is 20.7. The van der Waals surface area contributed by atoms with E-state index >= 15 is 0 Å². The third-order valence-electron chi connectivity index (χ3n) is 6.27. The van der Waals surface area contributed by atoms with Gasteiger partial charge < -0.3 is 9.47 Å². The van der Waals surface area contributed by atoms with Crippen LogP contribution in [0, 0.1) is 0 Å². The Kier molecular flexibility index (Phi) is 6.56. The van der Waals surface area contributed by atoms with Crippen LogP contribution in [0.25, 0.3) is 0 Å². The van der Waals surface area contributed by atoms with Crippen LogP contribution in [0.1, 0.15) is 65.6 Å². The molecule has 2 aliphatic rings. The van der Waals surface area contributed by atoms with E-state index in [1.807, 2.05) is 0 Å². The molecule has 3 rings (SSSR count). The van der Waals surface area contributed by atoms with Crippen molar-refractivity contribution in [2.45, 2.75) is 116 Å². The van der Waals surface area contributed by atoms with E-state index < -0.39 is 16.1 Å². The summed E-state index contributed by atoms with van der Waals surface area (Å²) in [7, 11) is -3.45. The van der Waals surface area contributed by atoms with Gasteiger partial charge in [-0.1, -0.05) is 64.2 Å². The van der Waals surface area contributed by atoms with Crippen molar-refractivity contribution >= 4 is 26.5 Å². The molecule has 0 spiro atoms. The van der Waals surface area contributed by atoms with Gasteiger partial charge in [0.2, 0.25) is 0 Å². The average Bonchev–Trinajstić information content (AvgIpc) is 2.63. The molecule has 0 heterocycles. The summed E-state index contributed by atoms with van der Waals surface area (Å²) >= 11 is 0. The zero-order chi connectivity index (χ0) is 21.2. The monoisotopic (exact) mass is 419 g/mol. The first-order valence-corrected chi connectivity index (χ1v) is 18.6. The third kappa shape index (κ3) is 5.44. The number of hydrogen-bond donors (Lipinski definition) is 0. The topological polar surface area (TPSA) is 18.5 Å². The molecule has 0 atom stereocenters. The second kappa shape index (κ2) is 8.95. The van der Waals surface area contributed by atoms with E-state index in [1.165, 1.54) is 43.7 Å². The van der Waals surface area contributed by atoms with Crippen LogP contribution in [0.5, 0.6) is 11.5 Å². The lowest BCUT2D eigenvalue weighted by atomic mass is 9.97. The maximum absolute atomic E-state index is 8.94. The lowest BCUT2D eigenvalue weighted by molar-refractivity contribution is 0.125. The molecule has 4 heteroatoms. The van der Waals surface area contributed by atoms with Crippen molar-refractivity contribution in [2.24, 2.45) is 0 Å². The smallest absolute Gasteiger partial charge is 0.160 e. The van der Waals surface area contributed by atoms with Crippen LogP contribution in [0.15, 0.2) is 12.1 Å². The minimum Gasteiger partial charge on any atom is -0.487 e. The Bertz CT molecular complexity index is 694. The summed E-state index contributed by atoms with van der Waals surface area (Å²) < 4.78 is 22.6. The summed E-state index contributed by atoms with van der Waals surface area (Å²) in [5.41, 5.74) is 0. The Morgan fingerprint density at radius 3 is 1.46 bits per heavy atom. The standard InChI is InChI=1S/C24H42O2Si2/c1-27(2,3)21-17-18-22(28(4,5)6)24(26-20-15-11-8-12-16-20)23(21)25-19-13-9-7-10-14-19/h17-20H,7-16H2,1-6H3/i17D. The fraction of sp³-hybridized carbons (Fsp3) is 0.750. The Labute approximate surface area is 176 Å². The summed E-state index contributed by atoms with van der Waals surface area (Å²) in [5.74, 6) is 1.99. The molecule has 0 unspecified atom stereocenters. The van der Waals surface area contributed by atoms with Gasteiger partial charge in [0.05, 0.1) is 29.7 Å². The van der Waals surface area contributed by atoms with Crippen LogP contribution in [-0.2, 0) is 0 Å². The van der Waals surface area contributed by atoms with E-state index in [2.05, 4.69) is 45.3 Å². The molecule has 1 aromatic carbocycles. The fourth-order valence-electron chi connectivity index (χ4n) is 4.55. The van der Waals surface area contributed by atoms with Crippen molar-refractivity contribution in [2.75, 3.05) is 0 Å². The maximum Gasteiger partial charge on any atom is 0.160 e. The van der Waals surface area contributed by atoms with Crippen LogP contribution in [0.2, 0.25) is 39.3 Å². The van der Waals surface area contributed by atoms with Crippen molar-refractivity contribution in [3.63, 3.8) is 0 Å². The highest BCUT2D eigenvalue weighted by Gasteiger charge is 2.33. The van der Waals surface area contributed by atoms with E-state index in [4.69, 9.17) is 10.8 Å². The number of ether oxygens (including phenoxy) is 2. The molecule has 0 aromatic heterocycles. The van der Waals surface area contributed by atoms with Gasteiger partial charge in [0.25, 0.3) is 0 Å². The summed E-state index contributed by atoms with van der Waals surface area (Å²) in [6.07, 6.45) is 12.9. The van der Waals surface area contributed by atoms with Crippen LogP contribution in [-0.4, -0.2) is 28.4 Å². The molecule has 2 aliphatic carbocycles. The number of rotatable bonds is 6. The first kappa shape index (κ1) is 20.5. The summed E-state index contributed by atoms with van der Waals surface area (Å²) in [4.78, 5) is 0. The predicted molar refractivity (Wildman–Crippen MR) is 127 cm³/mol. The lowest BCUT2D eigenvalue weighted by Crippen LogP contribution is -2.45. The molecule has 0 radical (unpaired) electrons. The van der Waals surface area contributed by atoms with Crippen molar-refractivity contribution in [1.82, 2.24) is 0 Å². The molecule has 0 N–H and O–H groups in total. The molecule has 0 bridgehead atoms. The highest BCUT2D eigenvalue weighted by atomic mass is 28.3. The Hall–Kier alpha value is -0.746. The Morgan fingerprint density at radius 2 is 1.07 bits per heavy atom. The predicted octanol–water partition coefficient (Wildman–Crippen LogP) is 6.20. The highest BCUT2D eigenvalue weighted by molar-refractivity contribution is 6.91. The zero-order valence-electron chi connectivity index (χ0n) is 20.1. The van der Waals surface area contributed by atoms with Crippen LogP contribution < -0.4 is 19.8 Å². The number of hydrogen-bond acceptors (Lipinski definition) is 2. The second-order valence-electron chi connectivity index (χ2n) is 11.0. The first-order chi connectivity index (χ1) is 13.6. The fourth-order valence-corrected chi connectivity index (χ4v) is 7.27. The summed E-state index contributed by atoms with van der Waals surface area (Å²) in [6.45, 7) is 14.1. The van der Waals surface area contributed by atoms with Gasteiger partial charge in [0.15, 0.2) is 11.5 Å². The molecule has 0 aliphatic heterocycles. The van der Waals surface area contributed by atoms with E-state index in [1.54, 1.807) is 0 Å². The van der Waals surface area contributed by atoms with Gasteiger partial charge in [-0.2, -0.15) is 0 Å².